The van der Waals surface area contributed by atoms with Crippen molar-refractivity contribution in [3.8, 4) is 0 Å². The third-order valence-corrected chi connectivity index (χ3v) is 8.75. The highest BCUT2D eigenvalue weighted by Crippen LogP contribution is 2.70. The fourth-order valence-corrected chi connectivity index (χ4v) is 7.56. The van der Waals surface area contributed by atoms with E-state index in [1.165, 1.54) is 18.4 Å². The number of rotatable bonds is 1. The average molecular weight is 317 g/mol. The molecule has 4 rings (SSSR count). The van der Waals surface area contributed by atoms with Crippen LogP contribution >= 0.6 is 0 Å². The largest absolute Gasteiger partial charge is 0.242 e. The van der Waals surface area contributed by atoms with Crippen LogP contribution in [0.4, 0.5) is 4.39 Å². The van der Waals surface area contributed by atoms with Crippen LogP contribution in [0.3, 0.4) is 0 Å². The number of halogens is 1. The second kappa shape index (κ2) is 4.96. The minimum atomic E-state index is -1.01. The van der Waals surface area contributed by atoms with Crippen molar-refractivity contribution < 1.29 is 4.39 Å². The molecular weight excluding hydrogens is 283 g/mol. The molecule has 0 aromatic rings. The Labute approximate surface area is 141 Å². The van der Waals surface area contributed by atoms with Crippen LogP contribution in [-0.4, -0.2) is 5.67 Å². The molecule has 7 atom stereocenters. The summed E-state index contributed by atoms with van der Waals surface area (Å²) >= 11 is 0. The van der Waals surface area contributed by atoms with Crippen LogP contribution in [0.15, 0.2) is 23.8 Å². The molecule has 0 saturated heterocycles. The van der Waals surface area contributed by atoms with E-state index in [-0.39, 0.29) is 11.3 Å². The zero-order chi connectivity index (χ0) is 16.5. The molecular formula is C22H33F. The maximum atomic E-state index is 16.6. The van der Waals surface area contributed by atoms with Gasteiger partial charge in [-0.1, -0.05) is 51.0 Å². The van der Waals surface area contributed by atoms with Crippen LogP contribution in [0, 0.1) is 34.5 Å². The molecule has 4 aliphatic rings. The quantitative estimate of drug-likeness (QED) is 0.486. The molecule has 0 radical (unpaired) electrons. The standard InChI is InChI=1S/C22H33F/c1-5-17-15(2)14-19-18-10-9-16-8-6-7-11-21(16,4)22(18,23)13-12-20(17,19)3/h7-8,11,15,17-19H,5-6,9-10,12-14H2,1-4H3/t15?,17-,18+,19+,20-,21+,22-/m1/s1. The number of alkyl halides is 1. The molecule has 0 bridgehead atoms. The van der Waals surface area contributed by atoms with Gasteiger partial charge in [-0.2, -0.15) is 0 Å². The van der Waals surface area contributed by atoms with Crippen molar-refractivity contribution in [2.75, 3.05) is 0 Å². The van der Waals surface area contributed by atoms with Gasteiger partial charge < -0.3 is 0 Å². The van der Waals surface area contributed by atoms with Crippen molar-refractivity contribution in [2.45, 2.75) is 78.3 Å². The second-order valence-electron chi connectivity index (χ2n) is 9.42. The van der Waals surface area contributed by atoms with Crippen LogP contribution in [0.25, 0.3) is 0 Å². The molecule has 0 aliphatic heterocycles. The number of hydrogen-bond donors (Lipinski definition) is 0. The van der Waals surface area contributed by atoms with Gasteiger partial charge in [0, 0.05) is 5.41 Å². The molecule has 3 fully saturated rings. The molecule has 1 heteroatoms. The number of allylic oxidation sites excluding steroid dienone is 4. The Kier molecular flexibility index (Phi) is 3.43. The summed E-state index contributed by atoms with van der Waals surface area (Å²) in [5.41, 5.74) is 0.425. The Morgan fingerprint density at radius 3 is 2.74 bits per heavy atom. The minimum absolute atomic E-state index is 0.269. The molecule has 0 amide bonds. The van der Waals surface area contributed by atoms with Gasteiger partial charge in [0.15, 0.2) is 0 Å². The maximum Gasteiger partial charge on any atom is 0.126 e. The van der Waals surface area contributed by atoms with Crippen LogP contribution in [0.5, 0.6) is 0 Å². The van der Waals surface area contributed by atoms with Crippen molar-refractivity contribution >= 4 is 0 Å². The molecule has 1 unspecified atom stereocenters. The molecule has 0 spiro atoms. The molecule has 23 heavy (non-hydrogen) atoms. The lowest BCUT2D eigenvalue weighted by Crippen LogP contribution is -2.59. The first kappa shape index (κ1) is 15.9. The van der Waals surface area contributed by atoms with Crippen LogP contribution < -0.4 is 0 Å². The van der Waals surface area contributed by atoms with Gasteiger partial charge in [-0.15, -0.1) is 0 Å². The lowest BCUT2D eigenvalue weighted by molar-refractivity contribution is -0.126. The Hall–Kier alpha value is -0.590. The summed E-state index contributed by atoms with van der Waals surface area (Å²) in [5.74, 6) is 2.42. The van der Waals surface area contributed by atoms with Crippen LogP contribution in [0.2, 0.25) is 0 Å². The number of hydrogen-bond acceptors (Lipinski definition) is 0. The summed E-state index contributed by atoms with van der Waals surface area (Å²) in [6.07, 6.45) is 14.3. The van der Waals surface area contributed by atoms with E-state index in [0.29, 0.717) is 11.3 Å². The van der Waals surface area contributed by atoms with Crippen LogP contribution in [0.1, 0.15) is 72.6 Å². The van der Waals surface area contributed by atoms with E-state index in [4.69, 9.17) is 0 Å². The molecule has 0 aromatic carbocycles. The van der Waals surface area contributed by atoms with E-state index in [1.807, 2.05) is 0 Å². The van der Waals surface area contributed by atoms with Gasteiger partial charge in [-0.3, -0.25) is 0 Å². The summed E-state index contributed by atoms with van der Waals surface area (Å²) < 4.78 is 16.6. The van der Waals surface area contributed by atoms with E-state index in [9.17, 15) is 0 Å². The predicted octanol–water partition coefficient (Wildman–Crippen LogP) is 6.48. The van der Waals surface area contributed by atoms with Gasteiger partial charge in [-0.25, -0.2) is 4.39 Å². The molecule has 3 saturated carbocycles. The minimum Gasteiger partial charge on any atom is -0.242 e. The topological polar surface area (TPSA) is 0 Å². The second-order valence-corrected chi connectivity index (χ2v) is 9.42. The third-order valence-electron chi connectivity index (χ3n) is 8.75. The summed E-state index contributed by atoms with van der Waals surface area (Å²) in [6.45, 7) is 9.46. The molecule has 0 nitrogen and oxygen atoms in total. The van der Waals surface area contributed by atoms with E-state index in [0.717, 1.165) is 43.9 Å². The zero-order valence-electron chi connectivity index (χ0n) is 15.4. The maximum absolute atomic E-state index is 16.6. The monoisotopic (exact) mass is 316 g/mol. The van der Waals surface area contributed by atoms with Crippen LogP contribution in [-0.2, 0) is 0 Å². The fourth-order valence-electron chi connectivity index (χ4n) is 7.56. The summed E-state index contributed by atoms with van der Waals surface area (Å²) in [6, 6.07) is 0. The van der Waals surface area contributed by atoms with E-state index < -0.39 is 5.67 Å². The van der Waals surface area contributed by atoms with Crippen molar-refractivity contribution in [1.82, 2.24) is 0 Å². The smallest absolute Gasteiger partial charge is 0.126 e. The zero-order valence-corrected chi connectivity index (χ0v) is 15.4. The Morgan fingerprint density at radius 2 is 2.00 bits per heavy atom. The normalized spacial score (nSPS) is 54.9. The first-order valence-corrected chi connectivity index (χ1v) is 9.93. The summed E-state index contributed by atoms with van der Waals surface area (Å²) in [4.78, 5) is 0. The van der Waals surface area contributed by atoms with E-state index in [2.05, 4.69) is 45.9 Å². The first-order valence-electron chi connectivity index (χ1n) is 9.93. The van der Waals surface area contributed by atoms with Crippen molar-refractivity contribution in [1.29, 1.82) is 0 Å². The third kappa shape index (κ3) is 1.83. The predicted molar refractivity (Wildman–Crippen MR) is 94.9 cm³/mol. The Balaban J connectivity index is 1.75. The fraction of sp³-hybridized carbons (Fsp3) is 0.818. The first-order chi connectivity index (χ1) is 10.9. The highest BCUT2D eigenvalue weighted by molar-refractivity contribution is 5.36. The summed E-state index contributed by atoms with van der Waals surface area (Å²) in [5, 5.41) is 0. The lowest BCUT2D eigenvalue weighted by Gasteiger charge is -2.60. The number of fused-ring (bicyclic) bond motifs is 5. The van der Waals surface area contributed by atoms with Crippen molar-refractivity contribution in [3.05, 3.63) is 23.8 Å². The van der Waals surface area contributed by atoms with Gasteiger partial charge in [0.25, 0.3) is 0 Å². The molecule has 0 aromatic heterocycles. The highest BCUT2D eigenvalue weighted by atomic mass is 19.1. The Morgan fingerprint density at radius 1 is 1.22 bits per heavy atom. The van der Waals surface area contributed by atoms with Gasteiger partial charge in [0.1, 0.15) is 5.67 Å². The molecule has 0 heterocycles. The summed E-state index contributed by atoms with van der Waals surface area (Å²) in [7, 11) is 0. The highest BCUT2D eigenvalue weighted by Gasteiger charge is 2.66. The van der Waals surface area contributed by atoms with E-state index >= 15 is 4.39 Å². The molecule has 128 valence electrons. The SMILES string of the molecule is CC[C@@H]1C(C)C[C@H]2[C@@H]3CCC4=CCC=C[C@]4(C)[C@@]3(F)CC[C@]12C. The van der Waals surface area contributed by atoms with Gasteiger partial charge in [0.05, 0.1) is 0 Å². The molecule has 0 N–H and O–H groups in total. The van der Waals surface area contributed by atoms with Gasteiger partial charge in [-0.05, 0) is 74.5 Å². The van der Waals surface area contributed by atoms with Gasteiger partial charge >= 0.3 is 0 Å². The Bertz CT molecular complexity index is 560. The lowest BCUT2D eigenvalue weighted by atomic mass is 9.46. The van der Waals surface area contributed by atoms with Gasteiger partial charge in [0.2, 0.25) is 0 Å². The van der Waals surface area contributed by atoms with E-state index in [1.54, 1.807) is 0 Å². The van der Waals surface area contributed by atoms with Crippen molar-refractivity contribution in [2.24, 2.45) is 34.5 Å². The molecule has 4 aliphatic carbocycles. The average Bonchev–Trinajstić information content (AvgIpc) is 2.78. The van der Waals surface area contributed by atoms with Crippen molar-refractivity contribution in [3.63, 3.8) is 0 Å².